The van der Waals surface area contributed by atoms with E-state index in [0.717, 1.165) is 16.2 Å². The molecule has 3 rings (SSSR count). The fourth-order valence-corrected chi connectivity index (χ4v) is 3.13. The van der Waals surface area contributed by atoms with Gasteiger partial charge in [-0.15, -0.1) is 0 Å². The van der Waals surface area contributed by atoms with E-state index in [4.69, 9.17) is 0 Å². The summed E-state index contributed by atoms with van der Waals surface area (Å²) >= 11 is 0. The zero-order valence-corrected chi connectivity index (χ0v) is 13.5. The van der Waals surface area contributed by atoms with Gasteiger partial charge in [-0.25, -0.2) is 0 Å². The number of imide groups is 1. The lowest BCUT2D eigenvalue weighted by atomic mass is 10.0. The van der Waals surface area contributed by atoms with E-state index in [9.17, 15) is 19.2 Å². The van der Waals surface area contributed by atoms with Crippen molar-refractivity contribution in [2.24, 2.45) is 0 Å². The molecule has 7 heteroatoms. The van der Waals surface area contributed by atoms with Crippen LogP contribution in [0.15, 0.2) is 18.2 Å². The smallest absolute Gasteiger partial charge is 0.244 e. The molecule has 1 fully saturated rings. The molecule has 0 unspecified atom stereocenters. The second kappa shape index (κ2) is 6.43. The molecule has 0 saturated carbocycles. The predicted octanol–water partition coefficient (Wildman–Crippen LogP) is 1.07. The Bertz CT molecular complexity index is 713. The Labute approximate surface area is 139 Å². The summed E-state index contributed by atoms with van der Waals surface area (Å²) in [6.07, 6.45) is 1.43. The monoisotopic (exact) mass is 329 g/mol. The van der Waals surface area contributed by atoms with Crippen LogP contribution in [0, 0.1) is 0 Å². The fourth-order valence-electron chi connectivity index (χ4n) is 3.13. The van der Waals surface area contributed by atoms with E-state index in [1.807, 2.05) is 19.1 Å². The third-order valence-electron chi connectivity index (χ3n) is 4.34. The van der Waals surface area contributed by atoms with Crippen LogP contribution < -0.4 is 10.2 Å². The van der Waals surface area contributed by atoms with Crippen LogP contribution in [0.25, 0.3) is 0 Å². The van der Waals surface area contributed by atoms with E-state index < -0.39 is 5.91 Å². The normalized spacial score (nSPS) is 17.3. The number of amides is 4. The van der Waals surface area contributed by atoms with Gasteiger partial charge in [-0.05, 0) is 37.1 Å². The molecule has 24 heavy (non-hydrogen) atoms. The molecule has 0 atom stereocenters. The summed E-state index contributed by atoms with van der Waals surface area (Å²) in [6.45, 7) is 2.28. The Morgan fingerprint density at radius 3 is 2.29 bits per heavy atom. The van der Waals surface area contributed by atoms with E-state index >= 15 is 0 Å². The van der Waals surface area contributed by atoms with Crippen LogP contribution in [0.5, 0.6) is 0 Å². The average molecular weight is 329 g/mol. The Morgan fingerprint density at radius 2 is 1.62 bits per heavy atom. The number of hydrogen-bond donors (Lipinski definition) is 1. The Morgan fingerprint density at radius 1 is 1.00 bits per heavy atom. The highest BCUT2D eigenvalue weighted by atomic mass is 16.2. The van der Waals surface area contributed by atoms with Crippen LogP contribution >= 0.6 is 0 Å². The van der Waals surface area contributed by atoms with Crippen molar-refractivity contribution in [1.82, 2.24) is 4.90 Å². The number of aryl methyl sites for hydroxylation is 1. The van der Waals surface area contributed by atoms with Crippen molar-refractivity contribution in [1.29, 1.82) is 0 Å². The minimum atomic E-state index is -0.405. The zero-order valence-electron chi connectivity index (χ0n) is 13.5. The highest BCUT2D eigenvalue weighted by Gasteiger charge is 2.30. The lowest BCUT2D eigenvalue weighted by Crippen LogP contribution is -2.37. The molecule has 1 N–H and O–H groups in total. The van der Waals surface area contributed by atoms with Gasteiger partial charge in [0.1, 0.15) is 6.54 Å². The molecule has 2 aliphatic heterocycles. The minimum Gasteiger partial charge on any atom is -0.325 e. The third-order valence-corrected chi connectivity index (χ3v) is 4.34. The number of benzene rings is 1. The van der Waals surface area contributed by atoms with E-state index in [1.54, 1.807) is 11.0 Å². The van der Waals surface area contributed by atoms with Gasteiger partial charge in [0.05, 0.1) is 0 Å². The molecule has 4 amide bonds. The maximum atomic E-state index is 12.1. The lowest BCUT2D eigenvalue weighted by Gasteiger charge is -2.28. The van der Waals surface area contributed by atoms with Gasteiger partial charge in [-0.2, -0.15) is 0 Å². The van der Waals surface area contributed by atoms with E-state index in [0.29, 0.717) is 25.1 Å². The first-order valence-corrected chi connectivity index (χ1v) is 8.06. The molecule has 1 saturated heterocycles. The summed E-state index contributed by atoms with van der Waals surface area (Å²) in [5, 5.41) is 2.72. The van der Waals surface area contributed by atoms with Crippen molar-refractivity contribution in [3.63, 3.8) is 0 Å². The van der Waals surface area contributed by atoms with Crippen molar-refractivity contribution in [3.8, 4) is 0 Å². The number of nitrogens with one attached hydrogen (secondary N) is 1. The van der Waals surface area contributed by atoms with E-state index in [1.165, 1.54) is 0 Å². The molecule has 0 radical (unpaired) electrons. The number of likely N-dealkylation sites (tertiary alicyclic amines) is 1. The first-order valence-electron chi connectivity index (χ1n) is 8.06. The molecular weight excluding hydrogens is 310 g/mol. The van der Waals surface area contributed by atoms with Crippen LogP contribution in [0.4, 0.5) is 11.4 Å². The number of carbonyl (C=O) groups excluding carboxylic acids is 4. The number of nitrogens with zero attached hydrogens (tertiary/aromatic N) is 2. The molecule has 2 heterocycles. The highest BCUT2D eigenvalue weighted by Crippen LogP contribution is 2.30. The van der Waals surface area contributed by atoms with Gasteiger partial charge < -0.3 is 10.2 Å². The van der Waals surface area contributed by atoms with Crippen LogP contribution in [0.2, 0.25) is 0 Å². The van der Waals surface area contributed by atoms with Crippen molar-refractivity contribution in [2.45, 2.75) is 32.6 Å². The molecule has 1 aromatic rings. The maximum absolute atomic E-state index is 12.1. The van der Waals surface area contributed by atoms with Gasteiger partial charge in [0.15, 0.2) is 0 Å². The first kappa shape index (κ1) is 16.2. The summed E-state index contributed by atoms with van der Waals surface area (Å²) < 4.78 is 0. The SMILES string of the molecule is CCN1C(=O)CCc2cc(NC(=O)CN3C(=O)CCC3=O)ccc21. The van der Waals surface area contributed by atoms with Crippen LogP contribution in [0.1, 0.15) is 31.7 Å². The van der Waals surface area contributed by atoms with Crippen LogP contribution in [-0.2, 0) is 25.6 Å². The molecule has 0 spiro atoms. The molecule has 126 valence electrons. The molecular formula is C17H19N3O4. The summed E-state index contributed by atoms with van der Waals surface area (Å²) in [4.78, 5) is 49.8. The van der Waals surface area contributed by atoms with Crippen molar-refractivity contribution in [2.75, 3.05) is 23.3 Å². The molecule has 0 bridgehead atoms. The number of rotatable bonds is 4. The first-order chi connectivity index (χ1) is 11.5. The van der Waals surface area contributed by atoms with Gasteiger partial charge in [-0.3, -0.25) is 24.1 Å². The molecule has 7 nitrogen and oxygen atoms in total. The Balaban J connectivity index is 1.70. The van der Waals surface area contributed by atoms with E-state index in [2.05, 4.69) is 5.32 Å². The van der Waals surface area contributed by atoms with Crippen molar-refractivity contribution in [3.05, 3.63) is 23.8 Å². The van der Waals surface area contributed by atoms with E-state index in [-0.39, 0.29) is 37.1 Å². The maximum Gasteiger partial charge on any atom is 0.244 e. The van der Waals surface area contributed by atoms with Gasteiger partial charge >= 0.3 is 0 Å². The summed E-state index contributed by atoms with van der Waals surface area (Å²) in [5.41, 5.74) is 2.47. The largest absolute Gasteiger partial charge is 0.325 e. The second-order valence-corrected chi connectivity index (χ2v) is 5.90. The quantitative estimate of drug-likeness (QED) is 0.837. The van der Waals surface area contributed by atoms with Crippen LogP contribution in [-0.4, -0.2) is 41.6 Å². The Hall–Kier alpha value is -2.70. The number of carbonyl (C=O) groups is 4. The molecule has 0 aromatic heterocycles. The van der Waals surface area contributed by atoms with Crippen molar-refractivity contribution >= 4 is 35.0 Å². The van der Waals surface area contributed by atoms with Crippen molar-refractivity contribution < 1.29 is 19.2 Å². The lowest BCUT2D eigenvalue weighted by molar-refractivity contribution is -0.141. The van der Waals surface area contributed by atoms with Crippen LogP contribution in [0.3, 0.4) is 0 Å². The summed E-state index contributed by atoms with van der Waals surface area (Å²) in [7, 11) is 0. The van der Waals surface area contributed by atoms with Gasteiger partial charge in [0.2, 0.25) is 23.6 Å². The van der Waals surface area contributed by atoms with Gasteiger partial charge in [0, 0.05) is 37.2 Å². The number of fused-ring (bicyclic) bond motifs is 1. The summed E-state index contributed by atoms with van der Waals surface area (Å²) in [6, 6.07) is 5.39. The van der Waals surface area contributed by atoms with Gasteiger partial charge in [-0.1, -0.05) is 0 Å². The summed E-state index contributed by atoms with van der Waals surface area (Å²) in [5.74, 6) is -0.916. The minimum absolute atomic E-state index is 0.104. The topological polar surface area (TPSA) is 86.8 Å². The third kappa shape index (κ3) is 3.02. The molecule has 0 aliphatic carbocycles. The fraction of sp³-hybridized carbons (Fsp3) is 0.412. The Kier molecular flexibility index (Phi) is 4.33. The zero-order chi connectivity index (χ0) is 17.3. The predicted molar refractivity (Wildman–Crippen MR) is 87.4 cm³/mol. The highest BCUT2D eigenvalue weighted by molar-refractivity contribution is 6.06. The van der Waals surface area contributed by atoms with Gasteiger partial charge in [0.25, 0.3) is 0 Å². The molecule has 2 aliphatic rings. The average Bonchev–Trinajstić information content (AvgIpc) is 2.87. The standard InChI is InChI=1S/C17H19N3O4/c1-2-19-13-5-4-12(9-11(13)3-6-15(19)22)18-14(21)10-20-16(23)7-8-17(20)24/h4-5,9H,2-3,6-8,10H2,1H3,(H,18,21). The number of hydrogen-bond acceptors (Lipinski definition) is 4. The second-order valence-electron chi connectivity index (χ2n) is 5.90. The number of anilines is 2. The molecule has 1 aromatic carbocycles.